The Labute approximate surface area is 90.0 Å². The molecule has 0 rings (SSSR count). The fourth-order valence-electron chi connectivity index (χ4n) is 1.27. The molecule has 5 heteroatoms. The van der Waals surface area contributed by atoms with Crippen LogP contribution in [0.25, 0.3) is 0 Å². The summed E-state index contributed by atoms with van der Waals surface area (Å²) in [4.78, 5) is 0. The number of aliphatic hydroxyl groups is 5. The van der Waals surface area contributed by atoms with E-state index in [1.807, 2.05) is 0 Å². The summed E-state index contributed by atoms with van der Waals surface area (Å²) in [5.74, 6) is 0. The molecule has 15 heavy (non-hydrogen) atoms. The minimum Gasteiger partial charge on any atom is -0.394 e. The molecule has 3 unspecified atom stereocenters. The fraction of sp³-hybridized carbons (Fsp3) is 1.00. The van der Waals surface area contributed by atoms with Crippen LogP contribution < -0.4 is 0 Å². The Hall–Kier alpha value is -0.200. The highest BCUT2D eigenvalue weighted by atomic mass is 16.4. The largest absolute Gasteiger partial charge is 0.394 e. The Kier molecular flexibility index (Phi) is 5.69. The van der Waals surface area contributed by atoms with E-state index in [9.17, 15) is 15.3 Å². The van der Waals surface area contributed by atoms with Gasteiger partial charge in [-0.3, -0.25) is 0 Å². The number of hydrogen-bond acceptors (Lipinski definition) is 5. The molecule has 0 amide bonds. The van der Waals surface area contributed by atoms with Crippen LogP contribution in [0, 0.1) is 0 Å². The average molecular weight is 222 g/mol. The highest BCUT2D eigenvalue weighted by Gasteiger charge is 2.30. The zero-order chi connectivity index (χ0) is 12.1. The lowest BCUT2D eigenvalue weighted by Gasteiger charge is -2.29. The average Bonchev–Trinajstić information content (AvgIpc) is 2.16. The van der Waals surface area contributed by atoms with Gasteiger partial charge >= 0.3 is 0 Å². The number of aliphatic hydroxyl groups excluding tert-OH is 3. The van der Waals surface area contributed by atoms with Gasteiger partial charge < -0.3 is 25.5 Å². The van der Waals surface area contributed by atoms with E-state index in [-0.39, 0.29) is 13.0 Å². The molecule has 3 atom stereocenters. The molecular weight excluding hydrogens is 200 g/mol. The van der Waals surface area contributed by atoms with Gasteiger partial charge in [0, 0.05) is 0 Å². The second-order valence-electron chi connectivity index (χ2n) is 4.56. The summed E-state index contributed by atoms with van der Waals surface area (Å²) >= 11 is 0. The van der Waals surface area contributed by atoms with Crippen LogP contribution in [0.2, 0.25) is 0 Å². The molecule has 0 aromatic rings. The van der Waals surface area contributed by atoms with Crippen molar-refractivity contribution in [2.24, 2.45) is 0 Å². The SMILES string of the molecule is CC(O)(CO)CCCC(C)(O)C(O)CO. The van der Waals surface area contributed by atoms with E-state index in [4.69, 9.17) is 10.2 Å². The third kappa shape index (κ3) is 5.44. The van der Waals surface area contributed by atoms with E-state index in [1.54, 1.807) is 0 Å². The predicted molar refractivity (Wildman–Crippen MR) is 55.3 cm³/mol. The minimum atomic E-state index is -1.36. The Morgan fingerprint density at radius 1 is 1.07 bits per heavy atom. The van der Waals surface area contributed by atoms with E-state index in [0.717, 1.165) is 0 Å². The van der Waals surface area contributed by atoms with E-state index in [0.29, 0.717) is 12.8 Å². The van der Waals surface area contributed by atoms with Crippen LogP contribution >= 0.6 is 0 Å². The topological polar surface area (TPSA) is 101 Å². The Morgan fingerprint density at radius 3 is 2.00 bits per heavy atom. The van der Waals surface area contributed by atoms with Gasteiger partial charge in [-0.15, -0.1) is 0 Å². The smallest absolute Gasteiger partial charge is 0.105 e. The first kappa shape index (κ1) is 14.8. The lowest BCUT2D eigenvalue weighted by atomic mass is 9.90. The van der Waals surface area contributed by atoms with Crippen LogP contribution in [0.3, 0.4) is 0 Å². The lowest BCUT2D eigenvalue weighted by molar-refractivity contribution is -0.0918. The van der Waals surface area contributed by atoms with Crippen molar-refractivity contribution < 1.29 is 25.5 Å². The van der Waals surface area contributed by atoms with Gasteiger partial charge in [0.1, 0.15) is 6.10 Å². The molecule has 0 aliphatic carbocycles. The van der Waals surface area contributed by atoms with Crippen LogP contribution in [-0.4, -0.2) is 56.1 Å². The van der Waals surface area contributed by atoms with E-state index >= 15 is 0 Å². The third-order valence-corrected chi connectivity index (χ3v) is 2.63. The van der Waals surface area contributed by atoms with Crippen molar-refractivity contribution in [1.82, 2.24) is 0 Å². The predicted octanol–water partition coefficient (Wildman–Crippen LogP) is -0.996. The standard InChI is InChI=1S/C10H22O5/c1-9(14,7-12)4-3-5-10(2,15)8(13)6-11/h8,11-15H,3-7H2,1-2H3. The van der Waals surface area contributed by atoms with Crippen molar-refractivity contribution in [3.05, 3.63) is 0 Å². The van der Waals surface area contributed by atoms with Crippen molar-refractivity contribution in [3.63, 3.8) is 0 Å². The Balaban J connectivity index is 3.95. The first-order valence-corrected chi connectivity index (χ1v) is 5.10. The molecular formula is C10H22O5. The first-order valence-electron chi connectivity index (χ1n) is 5.10. The summed E-state index contributed by atoms with van der Waals surface area (Å²) in [7, 11) is 0. The van der Waals surface area contributed by atoms with Gasteiger partial charge in [-0.25, -0.2) is 0 Å². The monoisotopic (exact) mass is 222 g/mol. The second kappa shape index (κ2) is 5.77. The minimum absolute atomic E-state index is 0.255. The molecule has 0 saturated heterocycles. The molecule has 5 nitrogen and oxygen atoms in total. The molecule has 0 bridgehead atoms. The summed E-state index contributed by atoms with van der Waals surface area (Å²) < 4.78 is 0. The molecule has 0 aromatic carbocycles. The highest BCUT2D eigenvalue weighted by Crippen LogP contribution is 2.21. The summed E-state index contributed by atoms with van der Waals surface area (Å²) in [6, 6.07) is 0. The summed E-state index contributed by atoms with van der Waals surface area (Å²) in [6.07, 6.45) is -0.142. The molecule has 0 aliphatic heterocycles. The molecule has 5 N–H and O–H groups in total. The van der Waals surface area contributed by atoms with Crippen molar-refractivity contribution in [3.8, 4) is 0 Å². The van der Waals surface area contributed by atoms with Gasteiger partial charge in [0.2, 0.25) is 0 Å². The summed E-state index contributed by atoms with van der Waals surface area (Å²) in [5, 5.41) is 45.9. The molecule has 0 fully saturated rings. The van der Waals surface area contributed by atoms with Crippen molar-refractivity contribution in [2.45, 2.75) is 50.4 Å². The first-order chi connectivity index (χ1) is 6.75. The molecule has 0 saturated carbocycles. The molecule has 0 radical (unpaired) electrons. The van der Waals surface area contributed by atoms with Gasteiger partial charge in [0.15, 0.2) is 0 Å². The zero-order valence-electron chi connectivity index (χ0n) is 9.35. The fourth-order valence-corrected chi connectivity index (χ4v) is 1.27. The maximum Gasteiger partial charge on any atom is 0.105 e. The second-order valence-corrected chi connectivity index (χ2v) is 4.56. The lowest BCUT2D eigenvalue weighted by Crippen LogP contribution is -2.42. The number of hydrogen-bond donors (Lipinski definition) is 5. The van der Waals surface area contributed by atoms with Gasteiger partial charge in [0.25, 0.3) is 0 Å². The molecule has 0 aromatic heterocycles. The van der Waals surface area contributed by atoms with Gasteiger partial charge in [-0.1, -0.05) is 0 Å². The van der Waals surface area contributed by atoms with Crippen LogP contribution in [-0.2, 0) is 0 Å². The maximum absolute atomic E-state index is 9.70. The van der Waals surface area contributed by atoms with Gasteiger partial charge in [-0.2, -0.15) is 0 Å². The molecule has 0 heterocycles. The van der Waals surface area contributed by atoms with Crippen molar-refractivity contribution in [1.29, 1.82) is 0 Å². The van der Waals surface area contributed by atoms with Crippen molar-refractivity contribution >= 4 is 0 Å². The highest BCUT2D eigenvalue weighted by molar-refractivity contribution is 4.82. The zero-order valence-corrected chi connectivity index (χ0v) is 9.35. The van der Waals surface area contributed by atoms with Crippen LogP contribution in [0.4, 0.5) is 0 Å². The van der Waals surface area contributed by atoms with Crippen LogP contribution in [0.5, 0.6) is 0 Å². The van der Waals surface area contributed by atoms with E-state index in [1.165, 1.54) is 13.8 Å². The van der Waals surface area contributed by atoms with Gasteiger partial charge in [0.05, 0.1) is 24.4 Å². The molecule has 0 spiro atoms. The van der Waals surface area contributed by atoms with Crippen LogP contribution in [0.1, 0.15) is 33.1 Å². The van der Waals surface area contributed by atoms with E-state index < -0.39 is 23.9 Å². The Bertz CT molecular complexity index is 179. The Morgan fingerprint density at radius 2 is 1.60 bits per heavy atom. The summed E-state index contributed by atoms with van der Waals surface area (Å²) in [6.45, 7) is 2.10. The van der Waals surface area contributed by atoms with Crippen molar-refractivity contribution in [2.75, 3.05) is 13.2 Å². The summed E-state index contributed by atoms with van der Waals surface area (Å²) in [5.41, 5.74) is -2.51. The van der Waals surface area contributed by atoms with Crippen LogP contribution in [0.15, 0.2) is 0 Å². The van der Waals surface area contributed by atoms with E-state index in [2.05, 4.69) is 0 Å². The molecule has 0 aliphatic rings. The molecule has 92 valence electrons. The van der Waals surface area contributed by atoms with Gasteiger partial charge in [-0.05, 0) is 33.1 Å². The normalized spacial score (nSPS) is 21.8. The third-order valence-electron chi connectivity index (χ3n) is 2.63. The maximum atomic E-state index is 9.70. The number of rotatable bonds is 7. The quantitative estimate of drug-likeness (QED) is 0.380.